The Morgan fingerprint density at radius 3 is 2.80 bits per heavy atom. The molecule has 0 saturated carbocycles. The van der Waals surface area contributed by atoms with Gasteiger partial charge in [0.15, 0.2) is 9.84 Å². The average Bonchev–Trinajstić information content (AvgIpc) is 2.40. The highest BCUT2D eigenvalue weighted by atomic mass is 32.2. The maximum absolute atomic E-state index is 12.2. The lowest BCUT2D eigenvalue weighted by Gasteiger charge is -2.30. The summed E-state index contributed by atoms with van der Waals surface area (Å²) in [7, 11) is -3.30. The van der Waals surface area contributed by atoms with Crippen LogP contribution in [0.5, 0.6) is 0 Å². The number of carbonyl (C=O) groups is 1. The van der Waals surface area contributed by atoms with Crippen LogP contribution in [0.15, 0.2) is 29.2 Å². The zero-order valence-electron chi connectivity index (χ0n) is 11.7. The number of carbonyl (C=O) groups excluding carboxylic acids is 1. The molecule has 1 heterocycles. The number of benzene rings is 1. The van der Waals surface area contributed by atoms with Gasteiger partial charge in [0.25, 0.3) is 5.91 Å². The van der Waals surface area contributed by atoms with Crippen molar-refractivity contribution in [2.45, 2.75) is 36.7 Å². The topological polar surface area (TPSA) is 75.3 Å². The summed E-state index contributed by atoms with van der Waals surface area (Å²) in [5.41, 5.74) is 0.380. The van der Waals surface area contributed by atoms with E-state index < -0.39 is 9.84 Å². The van der Waals surface area contributed by atoms with Crippen molar-refractivity contribution in [2.75, 3.05) is 12.8 Å². The Kier molecular flexibility index (Phi) is 4.45. The number of hydrogen-bond acceptors (Lipinski definition) is 4. The molecular formula is C14H20N2O3S. The zero-order chi connectivity index (χ0) is 14.8. The molecule has 6 heteroatoms. The van der Waals surface area contributed by atoms with Crippen molar-refractivity contribution in [3.05, 3.63) is 29.8 Å². The van der Waals surface area contributed by atoms with E-state index in [0.717, 1.165) is 25.6 Å². The third-order valence-corrected chi connectivity index (χ3v) is 4.71. The molecular weight excluding hydrogens is 276 g/mol. The van der Waals surface area contributed by atoms with Gasteiger partial charge in [0.2, 0.25) is 0 Å². The zero-order valence-corrected chi connectivity index (χ0v) is 12.5. The quantitative estimate of drug-likeness (QED) is 0.871. The lowest BCUT2D eigenvalue weighted by Crippen LogP contribution is -2.51. The summed E-state index contributed by atoms with van der Waals surface area (Å²) in [5, 5.41) is 6.28. The van der Waals surface area contributed by atoms with Crippen molar-refractivity contribution < 1.29 is 13.2 Å². The highest BCUT2D eigenvalue weighted by Crippen LogP contribution is 2.13. The van der Waals surface area contributed by atoms with E-state index >= 15 is 0 Å². The first-order chi connectivity index (χ1) is 9.38. The molecule has 2 unspecified atom stereocenters. The fourth-order valence-electron chi connectivity index (χ4n) is 2.36. The molecule has 2 rings (SSSR count). The van der Waals surface area contributed by atoms with Gasteiger partial charge in [-0.15, -0.1) is 0 Å². The number of rotatable bonds is 3. The molecule has 5 nitrogen and oxygen atoms in total. The molecule has 1 aliphatic heterocycles. The molecule has 20 heavy (non-hydrogen) atoms. The molecule has 0 bridgehead atoms. The highest BCUT2D eigenvalue weighted by molar-refractivity contribution is 7.90. The van der Waals surface area contributed by atoms with E-state index in [0.29, 0.717) is 5.56 Å². The summed E-state index contributed by atoms with van der Waals surface area (Å²) in [4.78, 5) is 12.4. The summed E-state index contributed by atoms with van der Waals surface area (Å²) in [6.07, 6.45) is 3.10. The molecule has 2 N–H and O–H groups in total. The van der Waals surface area contributed by atoms with Gasteiger partial charge in [0, 0.05) is 23.9 Å². The Bertz CT molecular complexity index is 598. The standard InChI is InChI=1S/C14H20N2O3S/c1-10-13(7-4-8-15-10)16-14(17)11-5-3-6-12(9-11)20(2,18)19/h3,5-6,9-10,13,15H,4,7-8H2,1-2H3,(H,16,17). The maximum atomic E-state index is 12.2. The molecule has 1 aromatic rings. The van der Waals surface area contributed by atoms with Crippen molar-refractivity contribution in [2.24, 2.45) is 0 Å². The van der Waals surface area contributed by atoms with Crippen LogP contribution in [0.1, 0.15) is 30.1 Å². The van der Waals surface area contributed by atoms with E-state index in [2.05, 4.69) is 10.6 Å². The van der Waals surface area contributed by atoms with Gasteiger partial charge in [-0.05, 0) is 44.5 Å². The maximum Gasteiger partial charge on any atom is 0.251 e. The van der Waals surface area contributed by atoms with Gasteiger partial charge >= 0.3 is 0 Å². The molecule has 110 valence electrons. The van der Waals surface area contributed by atoms with Crippen molar-refractivity contribution in [1.82, 2.24) is 10.6 Å². The average molecular weight is 296 g/mol. The molecule has 0 radical (unpaired) electrons. The Morgan fingerprint density at radius 2 is 2.15 bits per heavy atom. The predicted molar refractivity (Wildman–Crippen MR) is 77.5 cm³/mol. The largest absolute Gasteiger partial charge is 0.348 e. The second kappa shape index (κ2) is 5.93. The van der Waals surface area contributed by atoms with Gasteiger partial charge in [0.1, 0.15) is 0 Å². The molecule has 1 fully saturated rings. The summed E-state index contributed by atoms with van der Waals surface area (Å²) >= 11 is 0. The van der Waals surface area contributed by atoms with Gasteiger partial charge in [0.05, 0.1) is 4.90 Å². The van der Waals surface area contributed by atoms with E-state index in [-0.39, 0.29) is 22.9 Å². The van der Waals surface area contributed by atoms with Crippen LogP contribution in [-0.4, -0.2) is 39.2 Å². The van der Waals surface area contributed by atoms with Gasteiger partial charge in [-0.25, -0.2) is 8.42 Å². The Hall–Kier alpha value is -1.40. The number of nitrogens with one attached hydrogen (secondary N) is 2. The van der Waals surface area contributed by atoms with Crippen LogP contribution in [-0.2, 0) is 9.84 Å². The minimum Gasteiger partial charge on any atom is -0.348 e. The van der Waals surface area contributed by atoms with Gasteiger partial charge < -0.3 is 10.6 Å². The normalized spacial score (nSPS) is 23.3. The van der Waals surface area contributed by atoms with E-state index in [1.54, 1.807) is 12.1 Å². The minimum atomic E-state index is -3.30. The smallest absolute Gasteiger partial charge is 0.251 e. The van der Waals surface area contributed by atoms with Crippen LogP contribution in [0.25, 0.3) is 0 Å². The SMILES string of the molecule is CC1NCCCC1NC(=O)c1cccc(S(C)(=O)=O)c1. The minimum absolute atomic E-state index is 0.0816. The van der Waals surface area contributed by atoms with Crippen molar-refractivity contribution >= 4 is 15.7 Å². The Labute approximate surface area is 119 Å². The molecule has 0 aliphatic carbocycles. The van der Waals surface area contributed by atoms with E-state index in [1.165, 1.54) is 12.1 Å². The van der Waals surface area contributed by atoms with E-state index in [9.17, 15) is 13.2 Å². The summed E-state index contributed by atoms with van der Waals surface area (Å²) in [5.74, 6) is -0.226. The number of amides is 1. The first-order valence-corrected chi connectivity index (χ1v) is 8.61. The Morgan fingerprint density at radius 1 is 1.40 bits per heavy atom. The van der Waals surface area contributed by atoms with Crippen molar-refractivity contribution in [1.29, 1.82) is 0 Å². The van der Waals surface area contributed by atoms with E-state index in [4.69, 9.17) is 0 Å². The molecule has 1 amide bonds. The number of hydrogen-bond donors (Lipinski definition) is 2. The van der Waals surface area contributed by atoms with Crippen LogP contribution in [0.3, 0.4) is 0 Å². The third-order valence-electron chi connectivity index (χ3n) is 3.60. The van der Waals surface area contributed by atoms with Crippen LogP contribution in [0, 0.1) is 0 Å². The second-order valence-electron chi connectivity index (χ2n) is 5.26. The Balaban J connectivity index is 2.13. The lowest BCUT2D eigenvalue weighted by atomic mass is 9.99. The lowest BCUT2D eigenvalue weighted by molar-refractivity contribution is 0.0919. The molecule has 1 aromatic carbocycles. The molecule has 0 aromatic heterocycles. The molecule has 1 saturated heterocycles. The van der Waals surface area contributed by atoms with Crippen LogP contribution in [0.4, 0.5) is 0 Å². The highest BCUT2D eigenvalue weighted by Gasteiger charge is 2.23. The monoisotopic (exact) mass is 296 g/mol. The molecule has 2 atom stereocenters. The first kappa shape index (κ1) is 15.0. The van der Waals surface area contributed by atoms with Crippen LogP contribution >= 0.6 is 0 Å². The predicted octanol–water partition coefficient (Wildman–Crippen LogP) is 0.960. The summed E-state index contributed by atoms with van der Waals surface area (Å²) in [6, 6.07) is 6.45. The number of sulfone groups is 1. The fourth-order valence-corrected chi connectivity index (χ4v) is 3.03. The summed E-state index contributed by atoms with van der Waals surface area (Å²) in [6.45, 7) is 3.01. The first-order valence-electron chi connectivity index (χ1n) is 6.72. The van der Waals surface area contributed by atoms with Crippen molar-refractivity contribution in [3.8, 4) is 0 Å². The molecule has 1 aliphatic rings. The van der Waals surface area contributed by atoms with Gasteiger partial charge in [-0.1, -0.05) is 6.07 Å². The molecule has 0 spiro atoms. The van der Waals surface area contributed by atoms with Crippen molar-refractivity contribution in [3.63, 3.8) is 0 Å². The van der Waals surface area contributed by atoms with Gasteiger partial charge in [-0.3, -0.25) is 4.79 Å². The van der Waals surface area contributed by atoms with Gasteiger partial charge in [-0.2, -0.15) is 0 Å². The van der Waals surface area contributed by atoms with Crippen LogP contribution in [0.2, 0.25) is 0 Å². The van der Waals surface area contributed by atoms with E-state index in [1.807, 2.05) is 6.92 Å². The van der Waals surface area contributed by atoms with Crippen LogP contribution < -0.4 is 10.6 Å². The second-order valence-corrected chi connectivity index (χ2v) is 7.28. The number of piperidine rings is 1. The summed E-state index contributed by atoms with van der Waals surface area (Å²) < 4.78 is 23.0. The fraction of sp³-hybridized carbons (Fsp3) is 0.500. The third kappa shape index (κ3) is 3.58.